The first-order chi connectivity index (χ1) is 9.77. The number of likely N-dealkylation sites (N-methyl/N-ethyl adjacent to an activating group) is 1. The summed E-state index contributed by atoms with van der Waals surface area (Å²) in [6, 6.07) is 0. The molecule has 1 N–H and O–H groups in total. The Morgan fingerprint density at radius 2 is 1.77 bits per heavy atom. The summed E-state index contributed by atoms with van der Waals surface area (Å²) in [4.78, 5) is 27.0. The van der Waals surface area contributed by atoms with Gasteiger partial charge in [0.2, 0.25) is 5.28 Å². The lowest BCUT2D eigenvalue weighted by Crippen LogP contribution is -2.51. The van der Waals surface area contributed by atoms with Gasteiger partial charge in [-0.3, -0.25) is 4.84 Å². The van der Waals surface area contributed by atoms with Gasteiger partial charge in [0.1, 0.15) is 5.60 Å². The van der Waals surface area contributed by atoms with Crippen molar-refractivity contribution in [3.63, 3.8) is 0 Å². The molecule has 0 aliphatic carbocycles. The topological polar surface area (TPSA) is 124 Å². The Labute approximate surface area is 128 Å². The maximum Gasteiger partial charge on any atom is 0.511 e. The smallest absolute Gasteiger partial charge is 0.511 e. The molecule has 0 bridgehead atoms. The monoisotopic (exact) mass is 321 g/mol. The lowest BCUT2D eigenvalue weighted by Gasteiger charge is -2.26. The van der Waals surface area contributed by atoms with Crippen LogP contribution in [0.3, 0.4) is 0 Å². The summed E-state index contributed by atoms with van der Waals surface area (Å²) in [7, 11) is 1.23. The number of hydrogen-bond acceptors (Lipinski definition) is 7. The largest absolute Gasteiger partial charge is 0.569 e. The summed E-state index contributed by atoms with van der Waals surface area (Å²) >= 11 is 0. The van der Waals surface area contributed by atoms with Crippen LogP contribution in [0.2, 0.25) is 0 Å². The summed E-state index contributed by atoms with van der Waals surface area (Å²) < 4.78 is 9.60. The minimum atomic E-state index is -1.50. The maximum atomic E-state index is 11.6. The molecule has 1 atom stereocenters. The molecule has 0 aliphatic rings. The molecule has 0 aromatic carbocycles. The van der Waals surface area contributed by atoms with E-state index in [1.54, 1.807) is 20.8 Å². The predicted molar refractivity (Wildman–Crippen MR) is 73.4 cm³/mol. The SMILES string of the molecule is CC(O/N=[N+](\[O-])N(C)C(C)(C)C(=O)O)OC(=O)OC(C)(C)C. The Kier molecular flexibility index (Phi) is 6.41. The highest BCUT2D eigenvalue weighted by Gasteiger charge is 2.38. The van der Waals surface area contributed by atoms with Crippen LogP contribution in [0, 0.1) is 5.21 Å². The molecule has 0 saturated carbocycles. The average Bonchev–Trinajstić information content (AvgIpc) is 2.32. The molecule has 128 valence electrons. The zero-order chi connectivity index (χ0) is 17.7. The molecule has 10 heteroatoms. The second kappa shape index (κ2) is 7.14. The van der Waals surface area contributed by atoms with Crippen molar-refractivity contribution >= 4 is 12.1 Å². The zero-order valence-corrected chi connectivity index (χ0v) is 13.8. The van der Waals surface area contributed by atoms with Gasteiger partial charge in [-0.1, -0.05) is 0 Å². The molecule has 0 saturated heterocycles. The minimum Gasteiger partial charge on any atom is -0.569 e. The van der Waals surface area contributed by atoms with Gasteiger partial charge in [0.05, 0.1) is 12.0 Å². The molecule has 22 heavy (non-hydrogen) atoms. The van der Waals surface area contributed by atoms with Gasteiger partial charge < -0.3 is 19.8 Å². The molecular weight excluding hydrogens is 298 g/mol. The van der Waals surface area contributed by atoms with E-state index in [1.807, 2.05) is 0 Å². The van der Waals surface area contributed by atoms with Gasteiger partial charge in [-0.15, -0.1) is 5.01 Å². The summed E-state index contributed by atoms with van der Waals surface area (Å²) in [6.07, 6.45) is -2.17. The number of hydrazine groups is 1. The molecule has 10 nitrogen and oxygen atoms in total. The highest BCUT2D eigenvalue weighted by atomic mass is 16.8. The van der Waals surface area contributed by atoms with Gasteiger partial charge in [0, 0.05) is 6.92 Å². The van der Waals surface area contributed by atoms with Crippen LogP contribution in [0.15, 0.2) is 5.28 Å². The molecule has 0 heterocycles. The lowest BCUT2D eigenvalue weighted by molar-refractivity contribution is -0.719. The molecule has 0 fully saturated rings. The second-order valence-electron chi connectivity index (χ2n) is 5.98. The number of carbonyl (C=O) groups is 2. The van der Waals surface area contributed by atoms with Gasteiger partial charge in [0.25, 0.3) is 6.29 Å². The first-order valence-electron chi connectivity index (χ1n) is 6.48. The number of hydrogen-bond donors (Lipinski definition) is 1. The third kappa shape index (κ3) is 6.46. The summed E-state index contributed by atoms with van der Waals surface area (Å²) in [5.41, 5.74) is -2.23. The van der Waals surface area contributed by atoms with E-state index >= 15 is 0 Å². The fourth-order valence-corrected chi connectivity index (χ4v) is 0.945. The Balaban J connectivity index is 4.58. The first kappa shape index (κ1) is 19.7. The maximum absolute atomic E-state index is 11.6. The summed E-state index contributed by atoms with van der Waals surface area (Å²) in [5.74, 6) is -1.22. The second-order valence-corrected chi connectivity index (χ2v) is 5.98. The number of carboxylic acid groups (broad SMARTS) is 1. The Morgan fingerprint density at radius 1 is 1.27 bits per heavy atom. The van der Waals surface area contributed by atoms with Crippen LogP contribution in [-0.2, 0) is 19.1 Å². The van der Waals surface area contributed by atoms with E-state index in [0.29, 0.717) is 0 Å². The van der Waals surface area contributed by atoms with Crippen molar-refractivity contribution in [1.82, 2.24) is 5.01 Å². The molecule has 0 aliphatic heterocycles. The number of ether oxygens (including phenoxy) is 2. The Morgan fingerprint density at radius 3 is 2.18 bits per heavy atom. The summed E-state index contributed by atoms with van der Waals surface area (Å²) in [6.45, 7) is 8.93. The van der Waals surface area contributed by atoms with Crippen LogP contribution < -0.4 is 0 Å². The van der Waals surface area contributed by atoms with Crippen LogP contribution in [0.4, 0.5) is 4.79 Å². The van der Waals surface area contributed by atoms with Crippen molar-refractivity contribution in [2.45, 2.75) is 59.0 Å². The molecule has 0 radical (unpaired) electrons. The first-order valence-corrected chi connectivity index (χ1v) is 6.48. The quantitative estimate of drug-likeness (QED) is 0.258. The minimum absolute atomic E-state index is 0.0525. The van der Waals surface area contributed by atoms with Crippen LogP contribution >= 0.6 is 0 Å². The van der Waals surface area contributed by atoms with Gasteiger partial charge in [-0.05, 0) is 34.6 Å². The van der Waals surface area contributed by atoms with Crippen LogP contribution in [-0.4, -0.2) is 51.7 Å². The molecule has 1 unspecified atom stereocenters. The van der Waals surface area contributed by atoms with Crippen molar-refractivity contribution in [1.29, 1.82) is 0 Å². The third-order valence-electron chi connectivity index (χ3n) is 2.51. The van der Waals surface area contributed by atoms with E-state index in [4.69, 9.17) is 14.6 Å². The van der Waals surface area contributed by atoms with Gasteiger partial charge in [-0.2, -0.15) is 0 Å². The van der Waals surface area contributed by atoms with E-state index in [-0.39, 0.29) is 4.97 Å². The van der Waals surface area contributed by atoms with Crippen molar-refractivity contribution in [3.05, 3.63) is 5.21 Å². The van der Waals surface area contributed by atoms with Crippen molar-refractivity contribution in [3.8, 4) is 0 Å². The van der Waals surface area contributed by atoms with Crippen LogP contribution in [0.1, 0.15) is 41.5 Å². The van der Waals surface area contributed by atoms with Crippen LogP contribution in [0.25, 0.3) is 0 Å². The van der Waals surface area contributed by atoms with E-state index in [9.17, 15) is 14.8 Å². The fourth-order valence-electron chi connectivity index (χ4n) is 0.945. The average molecular weight is 321 g/mol. The molecule has 0 aromatic rings. The van der Waals surface area contributed by atoms with Crippen molar-refractivity contribution in [2.24, 2.45) is 5.28 Å². The Bertz CT molecular complexity index is 442. The highest BCUT2D eigenvalue weighted by Crippen LogP contribution is 2.13. The van der Waals surface area contributed by atoms with E-state index in [2.05, 4.69) is 10.1 Å². The summed E-state index contributed by atoms with van der Waals surface area (Å²) in [5, 5.41) is 24.5. The van der Waals surface area contributed by atoms with E-state index in [0.717, 1.165) is 5.01 Å². The number of aliphatic carboxylic acids is 1. The third-order valence-corrected chi connectivity index (χ3v) is 2.51. The highest BCUT2D eigenvalue weighted by molar-refractivity contribution is 5.77. The normalized spacial score (nSPS) is 14.0. The number of carboxylic acids is 1. The van der Waals surface area contributed by atoms with Gasteiger partial charge in [0.15, 0.2) is 5.54 Å². The van der Waals surface area contributed by atoms with Gasteiger partial charge in [-0.25, -0.2) is 9.59 Å². The zero-order valence-electron chi connectivity index (χ0n) is 13.8. The molecule has 0 spiro atoms. The number of carbonyl (C=O) groups excluding carboxylic acids is 1. The standard InChI is InChI=1S/C12H23N3O7/c1-8(20-10(18)21-11(2,3)4)22-13-15(19)14(7)12(5,6)9(16)17/h8H,1-7H3,(H,16,17)/b15-13-. The van der Waals surface area contributed by atoms with Gasteiger partial charge >= 0.3 is 12.1 Å². The number of rotatable bonds is 6. The molecular formula is C12H23N3O7. The van der Waals surface area contributed by atoms with Crippen molar-refractivity contribution in [2.75, 3.05) is 7.05 Å². The number of nitrogens with zero attached hydrogens (tertiary/aromatic N) is 3. The molecule has 0 aromatic heterocycles. The lowest BCUT2D eigenvalue weighted by atomic mass is 10.1. The van der Waals surface area contributed by atoms with E-state index in [1.165, 1.54) is 27.8 Å². The molecule has 0 rings (SSSR count). The fraction of sp³-hybridized carbons (Fsp3) is 0.833. The molecule has 0 amide bonds. The van der Waals surface area contributed by atoms with Crippen molar-refractivity contribution < 1.29 is 34.0 Å². The predicted octanol–water partition coefficient (Wildman–Crippen LogP) is 1.89. The van der Waals surface area contributed by atoms with E-state index < -0.39 is 29.6 Å². The Hall–Kier alpha value is -2.26. The van der Waals surface area contributed by atoms with Crippen LogP contribution in [0.5, 0.6) is 0 Å².